The van der Waals surface area contributed by atoms with Crippen molar-refractivity contribution in [2.24, 2.45) is 0 Å². The highest BCUT2D eigenvalue weighted by Gasteiger charge is 2.27. The molecule has 5 rings (SSSR count). The quantitative estimate of drug-likeness (QED) is 0.532. The van der Waals surface area contributed by atoms with Gasteiger partial charge in [0.05, 0.1) is 23.0 Å². The lowest BCUT2D eigenvalue weighted by molar-refractivity contribution is 0.0919. The number of hydrogen-bond donors (Lipinski definition) is 2. The molecule has 0 radical (unpaired) electrons. The number of nitrogens with one attached hydrogen (secondary N) is 2. The fraction of sp³-hybridized carbons (Fsp3) is 0.304. The zero-order chi connectivity index (χ0) is 21.5. The number of aryl methyl sites for hydroxylation is 1. The Balaban J connectivity index is 1.31. The van der Waals surface area contributed by atoms with E-state index < -0.39 is 0 Å². The van der Waals surface area contributed by atoms with Crippen molar-refractivity contribution >= 4 is 22.3 Å². The van der Waals surface area contributed by atoms with Gasteiger partial charge in [-0.15, -0.1) is 0 Å². The first kappa shape index (κ1) is 19.4. The van der Waals surface area contributed by atoms with Crippen molar-refractivity contribution in [2.75, 3.05) is 0 Å². The highest BCUT2D eigenvalue weighted by Crippen LogP contribution is 2.34. The number of rotatable bonds is 3. The molecule has 31 heavy (non-hydrogen) atoms. The number of aromatic nitrogens is 4. The third-order valence-electron chi connectivity index (χ3n) is 6.26. The predicted molar refractivity (Wildman–Crippen MR) is 115 cm³/mol. The van der Waals surface area contributed by atoms with Crippen molar-refractivity contribution in [3.8, 4) is 0 Å². The summed E-state index contributed by atoms with van der Waals surface area (Å²) in [7, 11) is 0. The molecule has 0 bridgehead atoms. The molecule has 1 aliphatic carbocycles. The lowest BCUT2D eigenvalue weighted by atomic mass is 9.82. The van der Waals surface area contributed by atoms with Crippen molar-refractivity contribution in [1.29, 1.82) is 0 Å². The maximum atomic E-state index is 14.0. The van der Waals surface area contributed by atoms with E-state index in [1.54, 1.807) is 17.4 Å². The van der Waals surface area contributed by atoms with E-state index in [1.807, 2.05) is 24.3 Å². The van der Waals surface area contributed by atoms with Crippen LogP contribution in [-0.4, -0.2) is 31.5 Å². The van der Waals surface area contributed by atoms with Gasteiger partial charge in [0.25, 0.3) is 11.5 Å². The second-order valence-electron chi connectivity index (χ2n) is 8.11. The third kappa shape index (κ3) is 3.37. The summed E-state index contributed by atoms with van der Waals surface area (Å²) in [5.41, 5.74) is 1.97. The average molecular weight is 419 g/mol. The van der Waals surface area contributed by atoms with Crippen LogP contribution in [0.1, 0.15) is 53.5 Å². The molecule has 8 heteroatoms. The second kappa shape index (κ2) is 7.61. The van der Waals surface area contributed by atoms with E-state index in [1.165, 1.54) is 12.3 Å². The van der Waals surface area contributed by atoms with Gasteiger partial charge in [0.2, 0.25) is 0 Å². The Morgan fingerprint density at radius 2 is 1.87 bits per heavy atom. The Bertz CT molecular complexity index is 1350. The lowest BCUT2D eigenvalue weighted by Gasteiger charge is -2.29. The molecule has 1 aliphatic rings. The molecule has 1 fully saturated rings. The standard InChI is InChI=1S/C23H22FN5O2/c1-13-18(24)10-11-20-25-12-19(29(13)20)23(31)26-15-8-6-14(7-9-15)21-16-4-2-3-5-17(16)22(30)28-27-21/h2-5,10-12,14-15H,6-9H2,1H3,(H,26,31)(H,28,30)/t14-,15-. The third-order valence-corrected chi connectivity index (χ3v) is 6.26. The van der Waals surface area contributed by atoms with Gasteiger partial charge < -0.3 is 5.32 Å². The van der Waals surface area contributed by atoms with E-state index in [0.717, 1.165) is 36.8 Å². The Kier molecular flexibility index (Phi) is 4.77. The first-order valence-electron chi connectivity index (χ1n) is 10.4. The normalized spacial score (nSPS) is 19.0. The summed E-state index contributed by atoms with van der Waals surface area (Å²) in [6.45, 7) is 1.63. The highest BCUT2D eigenvalue weighted by molar-refractivity contribution is 5.93. The van der Waals surface area contributed by atoms with E-state index in [2.05, 4.69) is 20.5 Å². The first-order valence-corrected chi connectivity index (χ1v) is 10.4. The molecule has 0 spiro atoms. The molecule has 158 valence electrons. The summed E-state index contributed by atoms with van der Waals surface area (Å²) < 4.78 is 15.5. The van der Waals surface area contributed by atoms with Gasteiger partial charge in [-0.1, -0.05) is 18.2 Å². The molecule has 0 atom stereocenters. The van der Waals surface area contributed by atoms with Crippen molar-refractivity contribution in [1.82, 2.24) is 24.9 Å². The fourth-order valence-electron chi connectivity index (χ4n) is 4.59. The SMILES string of the molecule is Cc1c(F)ccc2ncc(C(=O)N[C@H]3CC[C@H](c4n[nH]c(=O)c5ccccc54)CC3)n12. The molecule has 3 aromatic heterocycles. The van der Waals surface area contributed by atoms with Crippen LogP contribution in [0.4, 0.5) is 4.39 Å². The number of H-pyrrole nitrogens is 1. The monoisotopic (exact) mass is 419 g/mol. The fourth-order valence-corrected chi connectivity index (χ4v) is 4.59. The summed E-state index contributed by atoms with van der Waals surface area (Å²) in [6, 6.07) is 10.5. The van der Waals surface area contributed by atoms with Crippen LogP contribution in [0.25, 0.3) is 16.4 Å². The Morgan fingerprint density at radius 3 is 2.65 bits per heavy atom. The molecule has 0 saturated heterocycles. The summed E-state index contributed by atoms with van der Waals surface area (Å²) in [4.78, 5) is 29.1. The van der Waals surface area contributed by atoms with Crippen molar-refractivity contribution in [3.05, 3.63) is 75.8 Å². The molecular formula is C23H22FN5O2. The molecule has 0 aliphatic heterocycles. The van der Waals surface area contributed by atoms with Gasteiger partial charge in [-0.25, -0.2) is 14.5 Å². The molecule has 2 N–H and O–H groups in total. The number of pyridine rings is 1. The maximum absolute atomic E-state index is 14.0. The van der Waals surface area contributed by atoms with Gasteiger partial charge in [0.15, 0.2) is 0 Å². The Labute approximate surface area is 177 Å². The van der Waals surface area contributed by atoms with Crippen LogP contribution in [0.2, 0.25) is 0 Å². The topological polar surface area (TPSA) is 92.2 Å². The zero-order valence-electron chi connectivity index (χ0n) is 17.1. The molecule has 7 nitrogen and oxygen atoms in total. The summed E-state index contributed by atoms with van der Waals surface area (Å²) >= 11 is 0. The predicted octanol–water partition coefficient (Wildman–Crippen LogP) is 3.47. The van der Waals surface area contributed by atoms with Gasteiger partial charge in [-0.3, -0.25) is 14.0 Å². The van der Waals surface area contributed by atoms with Gasteiger partial charge in [0, 0.05) is 17.3 Å². The van der Waals surface area contributed by atoms with Crippen LogP contribution in [0.3, 0.4) is 0 Å². The van der Waals surface area contributed by atoms with E-state index in [0.29, 0.717) is 22.4 Å². The minimum atomic E-state index is -0.374. The Hall–Kier alpha value is -3.55. The largest absolute Gasteiger partial charge is 0.348 e. The van der Waals surface area contributed by atoms with Crippen LogP contribution in [-0.2, 0) is 0 Å². The smallest absolute Gasteiger partial charge is 0.272 e. The van der Waals surface area contributed by atoms with E-state index >= 15 is 0 Å². The summed E-state index contributed by atoms with van der Waals surface area (Å²) in [5, 5.41) is 11.6. The number of aromatic amines is 1. The minimum absolute atomic E-state index is 0.0252. The Morgan fingerprint density at radius 1 is 1.13 bits per heavy atom. The van der Waals surface area contributed by atoms with Crippen LogP contribution < -0.4 is 10.9 Å². The number of carbonyl (C=O) groups excluding carboxylic acids is 1. The lowest BCUT2D eigenvalue weighted by Crippen LogP contribution is -2.38. The van der Waals surface area contributed by atoms with Gasteiger partial charge in [0.1, 0.15) is 17.2 Å². The van der Waals surface area contributed by atoms with Crippen LogP contribution in [0, 0.1) is 12.7 Å². The highest BCUT2D eigenvalue weighted by atomic mass is 19.1. The van der Waals surface area contributed by atoms with Crippen molar-refractivity contribution < 1.29 is 9.18 Å². The number of nitrogens with zero attached hydrogens (tertiary/aromatic N) is 3. The molecule has 1 amide bonds. The van der Waals surface area contributed by atoms with E-state index in [4.69, 9.17) is 0 Å². The van der Waals surface area contributed by atoms with Crippen LogP contribution >= 0.6 is 0 Å². The van der Waals surface area contributed by atoms with E-state index in [-0.39, 0.29) is 29.2 Å². The van der Waals surface area contributed by atoms with Crippen molar-refractivity contribution in [3.63, 3.8) is 0 Å². The molecule has 1 aromatic carbocycles. The van der Waals surface area contributed by atoms with Crippen LogP contribution in [0.5, 0.6) is 0 Å². The van der Waals surface area contributed by atoms with Crippen LogP contribution in [0.15, 0.2) is 47.4 Å². The van der Waals surface area contributed by atoms with Crippen molar-refractivity contribution in [2.45, 2.75) is 44.6 Å². The number of imidazole rings is 1. The van der Waals surface area contributed by atoms with Gasteiger partial charge >= 0.3 is 0 Å². The average Bonchev–Trinajstić information content (AvgIpc) is 3.23. The molecule has 3 heterocycles. The number of halogens is 1. The van der Waals surface area contributed by atoms with Gasteiger partial charge in [-0.05, 0) is 50.8 Å². The number of amides is 1. The van der Waals surface area contributed by atoms with Gasteiger partial charge in [-0.2, -0.15) is 5.10 Å². The number of hydrogen-bond acceptors (Lipinski definition) is 4. The van der Waals surface area contributed by atoms with E-state index in [9.17, 15) is 14.0 Å². The number of fused-ring (bicyclic) bond motifs is 2. The number of carbonyl (C=O) groups is 1. The molecule has 4 aromatic rings. The summed E-state index contributed by atoms with van der Waals surface area (Å²) in [5.74, 6) is -0.403. The molecule has 0 unspecified atom stereocenters. The molecule has 1 saturated carbocycles. The maximum Gasteiger partial charge on any atom is 0.272 e. The number of benzene rings is 1. The first-order chi connectivity index (χ1) is 15.0. The minimum Gasteiger partial charge on any atom is -0.348 e. The molecular weight excluding hydrogens is 397 g/mol. The summed E-state index contributed by atoms with van der Waals surface area (Å²) in [6.07, 6.45) is 4.80. The zero-order valence-corrected chi connectivity index (χ0v) is 17.1. The second-order valence-corrected chi connectivity index (χ2v) is 8.11.